The molecule has 0 aliphatic heterocycles. The summed E-state index contributed by atoms with van der Waals surface area (Å²) in [6, 6.07) is 12.7. The molecule has 0 unspecified atom stereocenters. The standard InChI is InChI=1S/C17H15ClN2O2/c18-13-4-5-16-15(8-13)12(9-19-16)7-17(22)20-14-3-1-2-11(6-14)10-21/h1-6,8-9,19,21H,7,10H2,(H,20,22). The number of aromatic nitrogens is 1. The topological polar surface area (TPSA) is 65.1 Å². The summed E-state index contributed by atoms with van der Waals surface area (Å²) in [5.41, 5.74) is 3.29. The Labute approximate surface area is 132 Å². The minimum atomic E-state index is -0.115. The van der Waals surface area contributed by atoms with E-state index in [1.165, 1.54) is 0 Å². The third-order valence-corrected chi connectivity index (χ3v) is 3.71. The monoisotopic (exact) mass is 314 g/mol. The van der Waals surface area contributed by atoms with Crippen molar-refractivity contribution in [2.45, 2.75) is 13.0 Å². The molecule has 3 rings (SSSR count). The third-order valence-electron chi connectivity index (χ3n) is 3.47. The minimum Gasteiger partial charge on any atom is -0.392 e. The maximum absolute atomic E-state index is 12.2. The number of hydrogen-bond acceptors (Lipinski definition) is 2. The zero-order valence-corrected chi connectivity index (χ0v) is 12.5. The molecule has 4 nitrogen and oxygen atoms in total. The van der Waals surface area contributed by atoms with Gasteiger partial charge in [0.05, 0.1) is 13.0 Å². The molecule has 0 fully saturated rings. The summed E-state index contributed by atoms with van der Waals surface area (Å²) in [6.45, 7) is -0.0509. The molecule has 0 radical (unpaired) electrons. The predicted molar refractivity (Wildman–Crippen MR) is 88.0 cm³/mol. The molecule has 1 heterocycles. The van der Waals surface area contributed by atoms with E-state index in [9.17, 15) is 4.79 Å². The van der Waals surface area contributed by atoms with E-state index in [4.69, 9.17) is 16.7 Å². The van der Waals surface area contributed by atoms with Crippen molar-refractivity contribution in [1.29, 1.82) is 0 Å². The van der Waals surface area contributed by atoms with Crippen LogP contribution >= 0.6 is 11.6 Å². The fourth-order valence-electron chi connectivity index (χ4n) is 2.42. The lowest BCUT2D eigenvalue weighted by atomic mass is 10.1. The van der Waals surface area contributed by atoms with Crippen LogP contribution in [0.15, 0.2) is 48.7 Å². The molecule has 0 saturated heterocycles. The maximum Gasteiger partial charge on any atom is 0.228 e. The number of carbonyl (C=O) groups excluding carboxylic acids is 1. The normalized spacial score (nSPS) is 10.8. The van der Waals surface area contributed by atoms with Crippen LogP contribution in [-0.4, -0.2) is 16.0 Å². The number of fused-ring (bicyclic) bond motifs is 1. The highest BCUT2D eigenvalue weighted by molar-refractivity contribution is 6.31. The smallest absolute Gasteiger partial charge is 0.228 e. The Morgan fingerprint density at radius 2 is 2.09 bits per heavy atom. The Morgan fingerprint density at radius 1 is 1.23 bits per heavy atom. The van der Waals surface area contributed by atoms with E-state index in [-0.39, 0.29) is 18.9 Å². The van der Waals surface area contributed by atoms with Crippen LogP contribution in [0.4, 0.5) is 5.69 Å². The van der Waals surface area contributed by atoms with Crippen LogP contribution in [0, 0.1) is 0 Å². The van der Waals surface area contributed by atoms with Crippen molar-refractivity contribution < 1.29 is 9.90 Å². The second kappa shape index (κ2) is 6.22. The molecule has 22 heavy (non-hydrogen) atoms. The van der Waals surface area contributed by atoms with Gasteiger partial charge in [-0.2, -0.15) is 0 Å². The van der Waals surface area contributed by atoms with Gasteiger partial charge >= 0.3 is 0 Å². The van der Waals surface area contributed by atoms with Crippen molar-refractivity contribution in [2.24, 2.45) is 0 Å². The van der Waals surface area contributed by atoms with Crippen LogP contribution < -0.4 is 5.32 Å². The lowest BCUT2D eigenvalue weighted by molar-refractivity contribution is -0.115. The molecule has 1 amide bonds. The predicted octanol–water partition coefficient (Wildman–Crippen LogP) is 3.49. The fourth-order valence-corrected chi connectivity index (χ4v) is 2.59. The number of carbonyl (C=O) groups is 1. The van der Waals surface area contributed by atoms with Crippen LogP contribution in [0.5, 0.6) is 0 Å². The van der Waals surface area contributed by atoms with Gasteiger partial charge in [0.25, 0.3) is 0 Å². The van der Waals surface area contributed by atoms with E-state index in [2.05, 4.69) is 10.3 Å². The van der Waals surface area contributed by atoms with Gasteiger partial charge in [0, 0.05) is 27.8 Å². The van der Waals surface area contributed by atoms with E-state index in [1.54, 1.807) is 24.3 Å². The molecular weight excluding hydrogens is 300 g/mol. The number of amides is 1. The Morgan fingerprint density at radius 3 is 2.91 bits per heavy atom. The fraction of sp³-hybridized carbons (Fsp3) is 0.118. The summed E-state index contributed by atoms with van der Waals surface area (Å²) in [5.74, 6) is -0.115. The van der Waals surface area contributed by atoms with Crippen LogP contribution in [0.2, 0.25) is 5.02 Å². The molecule has 0 saturated carbocycles. The lowest BCUT2D eigenvalue weighted by Gasteiger charge is -2.06. The molecule has 3 N–H and O–H groups in total. The third kappa shape index (κ3) is 3.13. The second-order valence-electron chi connectivity index (χ2n) is 5.09. The molecule has 0 aliphatic rings. The van der Waals surface area contributed by atoms with Crippen LogP contribution in [0.1, 0.15) is 11.1 Å². The van der Waals surface area contributed by atoms with Crippen molar-refractivity contribution in [1.82, 2.24) is 4.98 Å². The molecule has 0 spiro atoms. The van der Waals surface area contributed by atoms with Crippen molar-refractivity contribution in [3.05, 3.63) is 64.8 Å². The number of H-pyrrole nitrogens is 1. The zero-order chi connectivity index (χ0) is 15.5. The average molecular weight is 315 g/mol. The Bertz CT molecular complexity index is 826. The zero-order valence-electron chi connectivity index (χ0n) is 11.8. The Kier molecular flexibility index (Phi) is 4.13. The quantitative estimate of drug-likeness (QED) is 0.690. The summed E-state index contributed by atoms with van der Waals surface area (Å²) in [5, 5.41) is 13.5. The van der Waals surface area contributed by atoms with Crippen LogP contribution in [-0.2, 0) is 17.8 Å². The van der Waals surface area contributed by atoms with Gasteiger partial charge in [-0.25, -0.2) is 0 Å². The Balaban J connectivity index is 1.76. The van der Waals surface area contributed by atoms with Crippen LogP contribution in [0.25, 0.3) is 10.9 Å². The number of hydrogen-bond donors (Lipinski definition) is 3. The van der Waals surface area contributed by atoms with E-state index in [1.807, 2.05) is 24.4 Å². The molecule has 0 aliphatic carbocycles. The van der Waals surface area contributed by atoms with Crippen molar-refractivity contribution >= 4 is 34.1 Å². The van der Waals surface area contributed by atoms with Gasteiger partial charge in [0.2, 0.25) is 5.91 Å². The minimum absolute atomic E-state index is 0.0509. The van der Waals surface area contributed by atoms with E-state index >= 15 is 0 Å². The number of anilines is 1. The molecular formula is C17H15ClN2O2. The first-order valence-electron chi connectivity index (χ1n) is 6.91. The second-order valence-corrected chi connectivity index (χ2v) is 5.52. The maximum atomic E-state index is 12.2. The molecule has 0 atom stereocenters. The number of halogens is 1. The first kappa shape index (κ1) is 14.6. The summed E-state index contributed by atoms with van der Waals surface area (Å²) in [6.07, 6.45) is 2.08. The van der Waals surface area contributed by atoms with E-state index in [0.29, 0.717) is 10.7 Å². The van der Waals surface area contributed by atoms with Gasteiger partial charge in [-0.15, -0.1) is 0 Å². The average Bonchev–Trinajstić information content (AvgIpc) is 2.89. The number of aliphatic hydroxyl groups excluding tert-OH is 1. The molecule has 112 valence electrons. The highest BCUT2D eigenvalue weighted by Gasteiger charge is 2.10. The van der Waals surface area contributed by atoms with Gasteiger partial charge in [-0.1, -0.05) is 23.7 Å². The molecule has 5 heteroatoms. The number of nitrogens with one attached hydrogen (secondary N) is 2. The number of rotatable bonds is 4. The van der Waals surface area contributed by atoms with Gasteiger partial charge in [0.15, 0.2) is 0 Å². The van der Waals surface area contributed by atoms with E-state index < -0.39 is 0 Å². The number of aliphatic hydroxyl groups is 1. The molecule has 2 aromatic carbocycles. The van der Waals surface area contributed by atoms with Gasteiger partial charge in [-0.3, -0.25) is 4.79 Å². The summed E-state index contributed by atoms with van der Waals surface area (Å²) in [4.78, 5) is 15.3. The van der Waals surface area contributed by atoms with Crippen molar-refractivity contribution in [3.8, 4) is 0 Å². The summed E-state index contributed by atoms with van der Waals surface area (Å²) in [7, 11) is 0. The summed E-state index contributed by atoms with van der Waals surface area (Å²) >= 11 is 6.01. The number of aromatic amines is 1. The highest BCUT2D eigenvalue weighted by atomic mass is 35.5. The Hall–Kier alpha value is -2.30. The molecule has 3 aromatic rings. The first-order valence-corrected chi connectivity index (χ1v) is 7.28. The number of benzene rings is 2. The molecule has 1 aromatic heterocycles. The van der Waals surface area contributed by atoms with Crippen molar-refractivity contribution in [3.63, 3.8) is 0 Å². The van der Waals surface area contributed by atoms with Crippen molar-refractivity contribution in [2.75, 3.05) is 5.32 Å². The highest BCUT2D eigenvalue weighted by Crippen LogP contribution is 2.23. The molecule has 0 bridgehead atoms. The van der Waals surface area contributed by atoms with Gasteiger partial charge in [-0.05, 0) is 41.5 Å². The van der Waals surface area contributed by atoms with Gasteiger partial charge < -0.3 is 15.4 Å². The van der Waals surface area contributed by atoms with Crippen LogP contribution in [0.3, 0.4) is 0 Å². The summed E-state index contributed by atoms with van der Waals surface area (Å²) < 4.78 is 0. The lowest BCUT2D eigenvalue weighted by Crippen LogP contribution is -2.14. The van der Waals surface area contributed by atoms with E-state index in [0.717, 1.165) is 22.0 Å². The first-order chi connectivity index (χ1) is 10.7. The SMILES string of the molecule is O=C(Cc1c[nH]c2ccc(Cl)cc12)Nc1cccc(CO)c1. The largest absolute Gasteiger partial charge is 0.392 e. The van der Waals surface area contributed by atoms with Gasteiger partial charge in [0.1, 0.15) is 0 Å².